The van der Waals surface area contributed by atoms with Crippen molar-refractivity contribution in [1.82, 2.24) is 0 Å². The fourth-order valence-electron chi connectivity index (χ4n) is 2.01. The van der Waals surface area contributed by atoms with Crippen molar-refractivity contribution in [3.8, 4) is 17.9 Å². The van der Waals surface area contributed by atoms with Crippen LogP contribution >= 0.6 is 0 Å². The molecule has 0 aliphatic heterocycles. The highest BCUT2D eigenvalue weighted by Crippen LogP contribution is 2.15. The average molecular weight is 325 g/mol. The van der Waals surface area contributed by atoms with Crippen molar-refractivity contribution < 1.29 is 13.2 Å². The quantitative estimate of drug-likeness (QED) is 0.713. The number of benzene rings is 2. The van der Waals surface area contributed by atoms with Gasteiger partial charge in [-0.15, -0.1) is 0 Å². The molecule has 0 atom stereocenters. The topological polar surface area (TPSA) is 23.8 Å². The molecule has 1 nitrogen and oxygen atoms in total. The van der Waals surface area contributed by atoms with Crippen molar-refractivity contribution >= 4 is 6.08 Å². The molecule has 0 saturated carbocycles. The fourth-order valence-corrected chi connectivity index (χ4v) is 2.01. The second-order valence-corrected chi connectivity index (χ2v) is 5.11. The van der Waals surface area contributed by atoms with Crippen molar-refractivity contribution in [3.63, 3.8) is 0 Å². The number of hydrogen-bond acceptors (Lipinski definition) is 1. The summed E-state index contributed by atoms with van der Waals surface area (Å²) in [5.74, 6) is 2.58. The van der Waals surface area contributed by atoms with Gasteiger partial charge in [0, 0.05) is 5.56 Å². The van der Waals surface area contributed by atoms with Crippen molar-refractivity contribution in [1.29, 1.82) is 5.26 Å². The summed E-state index contributed by atoms with van der Waals surface area (Å²) in [4.78, 5) is 0. The number of halogens is 3. The zero-order chi connectivity index (χ0) is 17.5. The van der Waals surface area contributed by atoms with Crippen LogP contribution in [-0.2, 0) is 0 Å². The van der Waals surface area contributed by atoms with E-state index in [1.165, 1.54) is 18.2 Å². The zero-order valence-electron chi connectivity index (χ0n) is 13.0. The number of nitrogens with zero attached hydrogens (tertiary/aromatic N) is 1. The van der Waals surface area contributed by atoms with Gasteiger partial charge < -0.3 is 0 Å². The van der Waals surface area contributed by atoms with Crippen LogP contribution in [0.5, 0.6) is 0 Å². The molecule has 0 radical (unpaired) electrons. The second-order valence-electron chi connectivity index (χ2n) is 5.11. The monoisotopic (exact) mass is 325 g/mol. The molecule has 0 fully saturated rings. The van der Waals surface area contributed by atoms with Crippen LogP contribution < -0.4 is 0 Å². The number of hydrogen-bond donors (Lipinski definition) is 0. The molecule has 0 heterocycles. The molecule has 0 N–H and O–H groups in total. The van der Waals surface area contributed by atoms with E-state index in [1.807, 2.05) is 12.2 Å². The predicted molar refractivity (Wildman–Crippen MR) is 87.4 cm³/mol. The van der Waals surface area contributed by atoms with Crippen LogP contribution in [0.2, 0.25) is 0 Å². The first-order valence-electron chi connectivity index (χ1n) is 7.42. The van der Waals surface area contributed by atoms with Crippen LogP contribution in [0.4, 0.5) is 13.2 Å². The molecular formula is C20H14F3N. The van der Waals surface area contributed by atoms with Crippen molar-refractivity contribution in [3.05, 3.63) is 76.1 Å². The van der Waals surface area contributed by atoms with Crippen LogP contribution in [0.15, 0.2) is 36.4 Å². The molecule has 0 aromatic heterocycles. The third-order valence-corrected chi connectivity index (χ3v) is 3.25. The Morgan fingerprint density at radius 1 is 1.00 bits per heavy atom. The highest BCUT2D eigenvalue weighted by Gasteiger charge is 2.09. The summed E-state index contributed by atoms with van der Waals surface area (Å²) in [5.41, 5.74) is 0.236. The largest absolute Gasteiger partial charge is 0.206 e. The number of rotatable bonds is 3. The van der Waals surface area contributed by atoms with Gasteiger partial charge in [0.25, 0.3) is 0 Å². The van der Waals surface area contributed by atoms with Crippen molar-refractivity contribution in [2.24, 2.45) is 0 Å². The summed E-state index contributed by atoms with van der Waals surface area (Å²) in [6, 6.07) is 7.94. The molecule has 0 aliphatic rings. The summed E-state index contributed by atoms with van der Waals surface area (Å²) >= 11 is 0. The maximum atomic E-state index is 14.0. The number of unbranched alkanes of at least 4 members (excludes halogenated alkanes) is 1. The van der Waals surface area contributed by atoms with Gasteiger partial charge in [-0.05, 0) is 36.2 Å². The van der Waals surface area contributed by atoms with E-state index in [9.17, 15) is 13.2 Å². The van der Waals surface area contributed by atoms with Gasteiger partial charge in [0.2, 0.25) is 0 Å². The lowest BCUT2D eigenvalue weighted by Crippen LogP contribution is -1.92. The first kappa shape index (κ1) is 17.4. The smallest absolute Gasteiger partial charge is 0.145 e. The van der Waals surface area contributed by atoms with Gasteiger partial charge in [-0.3, -0.25) is 0 Å². The summed E-state index contributed by atoms with van der Waals surface area (Å²) in [5, 5.41) is 8.62. The van der Waals surface area contributed by atoms with E-state index in [-0.39, 0.29) is 11.1 Å². The molecule has 0 saturated heterocycles. The van der Waals surface area contributed by atoms with Gasteiger partial charge in [-0.1, -0.05) is 43.4 Å². The molecule has 2 rings (SSSR count). The van der Waals surface area contributed by atoms with Crippen LogP contribution in [0, 0.1) is 40.6 Å². The standard InChI is InChI=1S/C20H14F3N/c1-2-3-4-5-14-6-8-16(18(21)10-14)9-7-15-11-19(22)17(13-24)20(23)12-15/h4-6,8,10-12H,2-3H2,1H3. The van der Waals surface area contributed by atoms with Gasteiger partial charge in [0.1, 0.15) is 29.1 Å². The highest BCUT2D eigenvalue weighted by atomic mass is 19.1. The van der Waals surface area contributed by atoms with Crippen LogP contribution in [0.3, 0.4) is 0 Å². The molecule has 2 aromatic rings. The Bertz CT molecular complexity index is 857. The molecule has 0 unspecified atom stereocenters. The highest BCUT2D eigenvalue weighted by molar-refractivity contribution is 5.53. The van der Waals surface area contributed by atoms with Crippen LogP contribution in [0.25, 0.3) is 6.08 Å². The van der Waals surface area contributed by atoms with Crippen molar-refractivity contribution in [2.45, 2.75) is 19.8 Å². The van der Waals surface area contributed by atoms with E-state index < -0.39 is 23.0 Å². The van der Waals surface area contributed by atoms with Gasteiger partial charge in [-0.25, -0.2) is 13.2 Å². The van der Waals surface area contributed by atoms with Gasteiger partial charge >= 0.3 is 0 Å². The van der Waals surface area contributed by atoms with Crippen LogP contribution in [0.1, 0.15) is 42.0 Å². The van der Waals surface area contributed by atoms with Crippen molar-refractivity contribution in [2.75, 3.05) is 0 Å². The summed E-state index contributed by atoms with van der Waals surface area (Å²) < 4.78 is 41.0. The van der Waals surface area contributed by atoms with Gasteiger partial charge in [-0.2, -0.15) is 5.26 Å². The molecule has 0 bridgehead atoms. The Morgan fingerprint density at radius 3 is 2.29 bits per heavy atom. The third-order valence-electron chi connectivity index (χ3n) is 3.25. The maximum Gasteiger partial charge on any atom is 0.145 e. The van der Waals surface area contributed by atoms with Gasteiger partial charge in [0.15, 0.2) is 0 Å². The lowest BCUT2D eigenvalue weighted by molar-refractivity contribution is 0.576. The van der Waals surface area contributed by atoms with E-state index in [2.05, 4.69) is 18.8 Å². The molecular weight excluding hydrogens is 311 g/mol. The fraction of sp³-hybridized carbons (Fsp3) is 0.150. The van der Waals surface area contributed by atoms with Crippen LogP contribution in [-0.4, -0.2) is 0 Å². The first-order valence-corrected chi connectivity index (χ1v) is 7.42. The molecule has 24 heavy (non-hydrogen) atoms. The van der Waals surface area contributed by atoms with E-state index in [4.69, 9.17) is 5.26 Å². The number of nitriles is 1. The Labute approximate surface area is 139 Å². The summed E-state index contributed by atoms with van der Waals surface area (Å²) in [7, 11) is 0. The molecule has 2 aromatic carbocycles. The minimum atomic E-state index is -0.987. The minimum absolute atomic E-state index is 0.0373. The molecule has 4 heteroatoms. The Hall–Kier alpha value is -2.98. The minimum Gasteiger partial charge on any atom is -0.206 e. The first-order chi connectivity index (χ1) is 11.5. The third kappa shape index (κ3) is 4.27. The zero-order valence-corrected chi connectivity index (χ0v) is 13.0. The van der Waals surface area contributed by atoms with Gasteiger partial charge in [0.05, 0.1) is 5.56 Å². The van der Waals surface area contributed by atoms with E-state index in [0.29, 0.717) is 0 Å². The molecule has 0 amide bonds. The van der Waals surface area contributed by atoms with E-state index in [0.717, 1.165) is 30.5 Å². The Balaban J connectivity index is 2.27. The SMILES string of the molecule is CCCC=Cc1ccc(C#Cc2cc(F)c(C#N)c(F)c2)c(F)c1. The normalized spacial score (nSPS) is 10.3. The summed E-state index contributed by atoms with van der Waals surface area (Å²) in [6.07, 6.45) is 5.72. The molecule has 0 aliphatic carbocycles. The Kier molecular flexibility index (Phi) is 5.82. The predicted octanol–water partition coefficient (Wildman–Crippen LogP) is 5.19. The number of allylic oxidation sites excluding steroid dienone is 1. The Morgan fingerprint density at radius 2 is 1.71 bits per heavy atom. The van der Waals surface area contributed by atoms with E-state index in [1.54, 1.807) is 6.07 Å². The average Bonchev–Trinajstić information content (AvgIpc) is 2.54. The second kappa shape index (κ2) is 8.04. The lowest BCUT2D eigenvalue weighted by Gasteiger charge is -1.99. The maximum absolute atomic E-state index is 14.0. The lowest BCUT2D eigenvalue weighted by atomic mass is 10.1. The molecule has 120 valence electrons. The molecule has 0 spiro atoms. The summed E-state index contributed by atoms with van der Waals surface area (Å²) in [6.45, 7) is 2.05. The van der Waals surface area contributed by atoms with E-state index >= 15 is 0 Å².